The van der Waals surface area contributed by atoms with E-state index in [0.717, 1.165) is 60.3 Å². The molecule has 1 unspecified atom stereocenters. The number of quaternary nitrogens is 1. The summed E-state index contributed by atoms with van der Waals surface area (Å²) in [5, 5.41) is 9.18. The molecule has 0 aromatic heterocycles. The summed E-state index contributed by atoms with van der Waals surface area (Å²) >= 11 is 0. The SMILES string of the molecule is CC[N+]1(C2CCCN(c3c(C)cc(C#N)cc3C)C2=O)CCCCC1. The van der Waals surface area contributed by atoms with Gasteiger partial charge in [0, 0.05) is 18.7 Å². The molecule has 4 heteroatoms. The van der Waals surface area contributed by atoms with Crippen LogP contribution in [0.3, 0.4) is 0 Å². The molecule has 3 rings (SSSR count). The van der Waals surface area contributed by atoms with Crippen LogP contribution in [0.5, 0.6) is 0 Å². The molecule has 2 aliphatic rings. The maximum Gasteiger partial charge on any atom is 0.285 e. The van der Waals surface area contributed by atoms with Gasteiger partial charge in [-0.05, 0) is 69.7 Å². The summed E-state index contributed by atoms with van der Waals surface area (Å²) in [6.07, 6.45) is 5.87. The van der Waals surface area contributed by atoms with E-state index in [9.17, 15) is 10.1 Å². The van der Waals surface area contributed by atoms with Gasteiger partial charge in [0.05, 0.1) is 31.3 Å². The molecular weight excluding hydrogens is 310 g/mol. The van der Waals surface area contributed by atoms with Crippen molar-refractivity contribution in [2.24, 2.45) is 0 Å². The van der Waals surface area contributed by atoms with Crippen molar-refractivity contribution >= 4 is 11.6 Å². The van der Waals surface area contributed by atoms with E-state index in [1.54, 1.807) is 0 Å². The average molecular weight is 340 g/mol. The number of likely N-dealkylation sites (N-methyl/N-ethyl adjacent to an activating group) is 1. The smallest absolute Gasteiger partial charge is 0.285 e. The van der Waals surface area contributed by atoms with Crippen molar-refractivity contribution in [3.63, 3.8) is 0 Å². The van der Waals surface area contributed by atoms with Crippen LogP contribution >= 0.6 is 0 Å². The minimum atomic E-state index is 0.105. The van der Waals surface area contributed by atoms with Crippen LogP contribution in [-0.4, -0.2) is 42.6 Å². The fourth-order valence-corrected chi connectivity index (χ4v) is 5.02. The van der Waals surface area contributed by atoms with E-state index >= 15 is 0 Å². The molecule has 1 aromatic carbocycles. The lowest BCUT2D eigenvalue weighted by atomic mass is 9.94. The van der Waals surface area contributed by atoms with E-state index < -0.39 is 0 Å². The molecule has 2 saturated heterocycles. The van der Waals surface area contributed by atoms with Crippen molar-refractivity contribution in [2.75, 3.05) is 31.1 Å². The Labute approximate surface area is 151 Å². The largest absolute Gasteiger partial charge is 0.314 e. The number of amides is 1. The van der Waals surface area contributed by atoms with Gasteiger partial charge in [-0.1, -0.05) is 0 Å². The monoisotopic (exact) mass is 340 g/mol. The molecular formula is C21H30N3O+. The van der Waals surface area contributed by atoms with E-state index in [1.807, 2.05) is 30.9 Å². The Morgan fingerprint density at radius 2 is 1.80 bits per heavy atom. The van der Waals surface area contributed by atoms with Gasteiger partial charge < -0.3 is 9.38 Å². The van der Waals surface area contributed by atoms with Crippen LogP contribution in [0.15, 0.2) is 12.1 Å². The number of nitriles is 1. The molecule has 2 heterocycles. The molecule has 1 amide bonds. The number of hydrogen-bond donors (Lipinski definition) is 0. The number of benzene rings is 1. The summed E-state index contributed by atoms with van der Waals surface area (Å²) in [7, 11) is 0. The Morgan fingerprint density at radius 1 is 1.16 bits per heavy atom. The Kier molecular flexibility index (Phi) is 5.15. The molecule has 0 radical (unpaired) electrons. The predicted octanol–water partition coefficient (Wildman–Crippen LogP) is 3.69. The number of piperidine rings is 2. The van der Waals surface area contributed by atoms with Gasteiger partial charge in [-0.2, -0.15) is 5.26 Å². The quantitative estimate of drug-likeness (QED) is 0.788. The lowest BCUT2D eigenvalue weighted by molar-refractivity contribution is -0.945. The van der Waals surface area contributed by atoms with Gasteiger partial charge in [-0.25, -0.2) is 0 Å². The molecule has 0 saturated carbocycles. The van der Waals surface area contributed by atoms with Crippen LogP contribution < -0.4 is 4.90 Å². The van der Waals surface area contributed by atoms with Gasteiger partial charge in [0.1, 0.15) is 0 Å². The van der Waals surface area contributed by atoms with E-state index in [0.29, 0.717) is 11.5 Å². The number of rotatable bonds is 3. The second-order valence-electron chi connectivity index (χ2n) is 7.76. The summed E-state index contributed by atoms with van der Waals surface area (Å²) in [5.74, 6) is 0.297. The highest BCUT2D eigenvalue weighted by atomic mass is 16.2. The maximum absolute atomic E-state index is 13.5. The number of likely N-dealkylation sites (tertiary alicyclic amines) is 1. The standard InChI is InChI=1S/C21H30N3O/c1-4-24(11-6-5-7-12-24)19-9-8-10-23(21(19)25)20-16(2)13-18(15-22)14-17(20)3/h13-14,19H,4-12H2,1-3H3/q+1. The maximum atomic E-state index is 13.5. The van der Waals surface area contributed by atoms with Gasteiger partial charge in [-0.15, -0.1) is 0 Å². The highest BCUT2D eigenvalue weighted by molar-refractivity contribution is 5.98. The Morgan fingerprint density at radius 3 is 2.36 bits per heavy atom. The van der Waals surface area contributed by atoms with Crippen LogP contribution in [0.2, 0.25) is 0 Å². The van der Waals surface area contributed by atoms with Crippen LogP contribution in [0.4, 0.5) is 5.69 Å². The second kappa shape index (κ2) is 7.17. The van der Waals surface area contributed by atoms with Crippen LogP contribution in [0.1, 0.15) is 55.7 Å². The fraction of sp³-hybridized carbons (Fsp3) is 0.619. The minimum absolute atomic E-state index is 0.105. The molecule has 2 aliphatic heterocycles. The first-order valence-electron chi connectivity index (χ1n) is 9.71. The van der Waals surface area contributed by atoms with Crippen LogP contribution in [0.25, 0.3) is 0 Å². The number of aryl methyl sites for hydroxylation is 2. The summed E-state index contributed by atoms with van der Waals surface area (Å²) in [5.41, 5.74) is 3.77. The molecule has 4 nitrogen and oxygen atoms in total. The Bertz CT molecular complexity index is 675. The lowest BCUT2D eigenvalue weighted by Crippen LogP contribution is -2.65. The fourth-order valence-electron chi connectivity index (χ4n) is 5.02. The van der Waals surface area contributed by atoms with E-state index in [1.165, 1.54) is 19.3 Å². The van der Waals surface area contributed by atoms with Gasteiger partial charge >= 0.3 is 0 Å². The molecule has 1 atom stereocenters. The second-order valence-corrected chi connectivity index (χ2v) is 7.76. The first-order valence-corrected chi connectivity index (χ1v) is 9.71. The van der Waals surface area contributed by atoms with Crippen molar-refractivity contribution in [1.29, 1.82) is 5.26 Å². The van der Waals surface area contributed by atoms with Gasteiger partial charge in [0.15, 0.2) is 6.04 Å². The number of carbonyl (C=O) groups is 1. The lowest BCUT2D eigenvalue weighted by Gasteiger charge is -2.49. The Hall–Kier alpha value is -1.86. The average Bonchev–Trinajstić information content (AvgIpc) is 2.63. The van der Waals surface area contributed by atoms with Crippen molar-refractivity contribution in [1.82, 2.24) is 0 Å². The van der Waals surface area contributed by atoms with Gasteiger partial charge in [0.2, 0.25) is 0 Å². The predicted molar refractivity (Wildman–Crippen MR) is 100 cm³/mol. The van der Waals surface area contributed by atoms with Crippen molar-refractivity contribution in [3.05, 3.63) is 28.8 Å². The third-order valence-corrected chi connectivity index (χ3v) is 6.30. The molecule has 0 spiro atoms. The van der Waals surface area contributed by atoms with Gasteiger partial charge in [-0.3, -0.25) is 4.79 Å². The zero-order valence-corrected chi connectivity index (χ0v) is 15.8. The van der Waals surface area contributed by atoms with E-state index in [2.05, 4.69) is 13.0 Å². The van der Waals surface area contributed by atoms with E-state index in [-0.39, 0.29) is 6.04 Å². The van der Waals surface area contributed by atoms with Gasteiger partial charge in [0.25, 0.3) is 5.91 Å². The first kappa shape index (κ1) is 17.9. The molecule has 1 aromatic rings. The van der Waals surface area contributed by atoms with E-state index in [4.69, 9.17) is 0 Å². The number of nitrogens with zero attached hydrogens (tertiary/aromatic N) is 3. The zero-order chi connectivity index (χ0) is 18.0. The first-order chi connectivity index (χ1) is 12.0. The third-order valence-electron chi connectivity index (χ3n) is 6.30. The Balaban J connectivity index is 1.94. The highest BCUT2D eigenvalue weighted by Gasteiger charge is 2.45. The molecule has 25 heavy (non-hydrogen) atoms. The number of anilines is 1. The molecule has 0 bridgehead atoms. The summed E-state index contributed by atoms with van der Waals surface area (Å²) < 4.78 is 0.976. The van der Waals surface area contributed by atoms with Crippen molar-refractivity contribution in [2.45, 2.75) is 58.9 Å². The summed E-state index contributed by atoms with van der Waals surface area (Å²) in [4.78, 5) is 15.5. The highest BCUT2D eigenvalue weighted by Crippen LogP contribution is 2.34. The topological polar surface area (TPSA) is 44.1 Å². The molecule has 0 N–H and O–H groups in total. The van der Waals surface area contributed by atoms with Crippen LogP contribution in [0, 0.1) is 25.2 Å². The summed E-state index contributed by atoms with van der Waals surface area (Å²) in [6, 6.07) is 6.14. The van der Waals surface area contributed by atoms with Crippen molar-refractivity contribution < 1.29 is 9.28 Å². The number of carbonyl (C=O) groups excluding carboxylic acids is 1. The zero-order valence-electron chi connectivity index (χ0n) is 15.8. The normalized spacial score (nSPS) is 23.4. The molecule has 2 fully saturated rings. The molecule has 134 valence electrons. The molecule has 0 aliphatic carbocycles. The number of hydrogen-bond acceptors (Lipinski definition) is 2. The van der Waals surface area contributed by atoms with Crippen LogP contribution in [-0.2, 0) is 4.79 Å². The van der Waals surface area contributed by atoms with Crippen molar-refractivity contribution in [3.8, 4) is 6.07 Å². The minimum Gasteiger partial charge on any atom is -0.314 e. The summed E-state index contributed by atoms with van der Waals surface area (Å²) in [6.45, 7) is 10.4. The third kappa shape index (κ3) is 3.18.